The smallest absolute Gasteiger partial charge is 0.298 e. The molecule has 2 aliphatic rings. The number of hydrogen-bond acceptors (Lipinski definition) is 1. The summed E-state index contributed by atoms with van der Waals surface area (Å²) >= 11 is 5.55. The van der Waals surface area contributed by atoms with E-state index in [2.05, 4.69) is 6.07 Å². The lowest BCUT2D eigenvalue weighted by Gasteiger charge is -2.12. The van der Waals surface area contributed by atoms with E-state index in [1.807, 2.05) is 18.2 Å². The van der Waals surface area contributed by atoms with E-state index in [0.29, 0.717) is 0 Å². The Morgan fingerprint density at radius 2 is 2.07 bits per heavy atom. The molecule has 14 heavy (non-hydrogen) atoms. The zero-order valence-corrected chi connectivity index (χ0v) is 8.42. The third-order valence-corrected chi connectivity index (χ3v) is 3.50. The van der Waals surface area contributed by atoms with Crippen LogP contribution in [0.25, 0.3) is 0 Å². The molecule has 0 bridgehead atoms. The maximum absolute atomic E-state index is 11.2. The Balaban J connectivity index is 2.14. The molecule has 1 amide bonds. The van der Waals surface area contributed by atoms with E-state index in [4.69, 9.17) is 11.6 Å². The van der Waals surface area contributed by atoms with Crippen molar-refractivity contribution in [1.29, 1.82) is 0 Å². The molecule has 0 saturated heterocycles. The summed E-state index contributed by atoms with van der Waals surface area (Å²) in [5.74, 6) is 0. The summed E-state index contributed by atoms with van der Waals surface area (Å²) in [5, 5.41) is -0.360. The molecule has 2 nitrogen and oxygen atoms in total. The predicted octanol–water partition coefficient (Wildman–Crippen LogP) is 2.90. The van der Waals surface area contributed by atoms with Crippen molar-refractivity contribution >= 4 is 22.7 Å². The number of benzene rings is 1. The van der Waals surface area contributed by atoms with Crippen LogP contribution in [0.4, 0.5) is 10.5 Å². The zero-order chi connectivity index (χ0) is 9.76. The number of hydrogen-bond donors (Lipinski definition) is 0. The Labute approximate surface area is 87.5 Å². The Bertz CT molecular complexity index is 412. The molecule has 1 aliphatic heterocycles. The van der Waals surface area contributed by atoms with E-state index in [1.165, 1.54) is 18.4 Å². The molecular formula is C11H10ClNO. The lowest BCUT2D eigenvalue weighted by atomic mass is 9.99. The first-order valence-corrected chi connectivity index (χ1v) is 5.17. The number of anilines is 1. The molecule has 72 valence electrons. The van der Waals surface area contributed by atoms with Crippen LogP contribution in [0.5, 0.6) is 0 Å². The quantitative estimate of drug-likeness (QED) is 0.473. The van der Waals surface area contributed by atoms with Crippen LogP contribution < -0.4 is 4.90 Å². The summed E-state index contributed by atoms with van der Waals surface area (Å²) in [6.45, 7) is 0.772. The van der Waals surface area contributed by atoms with Crippen LogP contribution in [0.15, 0.2) is 24.3 Å². The number of fused-ring (bicyclic) bond motifs is 2. The first-order valence-electron chi connectivity index (χ1n) is 4.79. The molecule has 0 unspecified atom stereocenters. The number of carbonyl (C=O) groups excluding carboxylic acids is 1. The molecule has 1 aromatic rings. The molecule has 0 N–H and O–H groups in total. The Hall–Kier alpha value is -1.02. The monoisotopic (exact) mass is 207 g/mol. The predicted molar refractivity (Wildman–Crippen MR) is 55.9 cm³/mol. The van der Waals surface area contributed by atoms with Crippen molar-refractivity contribution in [1.82, 2.24) is 0 Å². The average molecular weight is 208 g/mol. The first-order chi connectivity index (χ1) is 6.73. The van der Waals surface area contributed by atoms with Gasteiger partial charge in [-0.05, 0) is 36.1 Å². The zero-order valence-electron chi connectivity index (χ0n) is 7.66. The second kappa shape index (κ2) is 2.51. The summed E-state index contributed by atoms with van der Waals surface area (Å²) < 4.78 is 0. The summed E-state index contributed by atoms with van der Waals surface area (Å²) in [4.78, 5) is 12.9. The molecule has 1 fully saturated rings. The Kier molecular flexibility index (Phi) is 1.49. The highest BCUT2D eigenvalue weighted by Crippen LogP contribution is 2.56. The third-order valence-electron chi connectivity index (χ3n) is 3.29. The Morgan fingerprint density at radius 1 is 1.36 bits per heavy atom. The van der Waals surface area contributed by atoms with Crippen molar-refractivity contribution in [2.45, 2.75) is 18.3 Å². The number of halogens is 1. The van der Waals surface area contributed by atoms with E-state index in [1.54, 1.807) is 4.90 Å². The largest absolute Gasteiger partial charge is 0.320 e. The van der Waals surface area contributed by atoms with Gasteiger partial charge in [0.05, 0.1) is 0 Å². The first kappa shape index (κ1) is 8.30. The molecule has 0 radical (unpaired) electrons. The van der Waals surface area contributed by atoms with Gasteiger partial charge in [-0.1, -0.05) is 18.2 Å². The average Bonchev–Trinajstić information content (AvgIpc) is 2.86. The van der Waals surface area contributed by atoms with E-state index in [0.717, 1.165) is 12.2 Å². The van der Waals surface area contributed by atoms with Crippen LogP contribution in [0.1, 0.15) is 18.4 Å². The van der Waals surface area contributed by atoms with Gasteiger partial charge in [-0.15, -0.1) is 0 Å². The van der Waals surface area contributed by atoms with Gasteiger partial charge < -0.3 is 0 Å². The van der Waals surface area contributed by atoms with Crippen molar-refractivity contribution < 1.29 is 4.79 Å². The second-order valence-electron chi connectivity index (χ2n) is 4.14. The van der Waals surface area contributed by atoms with Gasteiger partial charge in [-0.2, -0.15) is 0 Å². The SMILES string of the molecule is O=C(Cl)N1CC2(CC2)c2ccccc21. The lowest BCUT2D eigenvalue weighted by molar-refractivity contribution is 0.264. The highest BCUT2D eigenvalue weighted by molar-refractivity contribution is 6.66. The topological polar surface area (TPSA) is 20.3 Å². The Morgan fingerprint density at radius 3 is 2.71 bits per heavy atom. The fourth-order valence-corrected chi connectivity index (χ4v) is 2.52. The van der Waals surface area contributed by atoms with E-state index >= 15 is 0 Å². The van der Waals surface area contributed by atoms with Gasteiger partial charge in [0.15, 0.2) is 0 Å². The number of nitrogens with zero attached hydrogens (tertiary/aromatic N) is 1. The van der Waals surface area contributed by atoms with Gasteiger partial charge in [0, 0.05) is 17.6 Å². The molecule has 0 aromatic heterocycles. The maximum Gasteiger partial charge on any atom is 0.320 e. The number of para-hydroxylation sites is 1. The summed E-state index contributed by atoms with van der Waals surface area (Å²) in [7, 11) is 0. The molecule has 1 aliphatic carbocycles. The molecule has 1 spiro atoms. The highest BCUT2D eigenvalue weighted by Gasteiger charge is 2.52. The number of amides is 1. The highest BCUT2D eigenvalue weighted by atomic mass is 35.5. The van der Waals surface area contributed by atoms with Gasteiger partial charge in [-0.3, -0.25) is 9.69 Å². The minimum absolute atomic E-state index is 0.251. The van der Waals surface area contributed by atoms with Crippen LogP contribution in [0.2, 0.25) is 0 Å². The summed E-state index contributed by atoms with van der Waals surface area (Å²) in [6, 6.07) is 8.07. The molecule has 3 rings (SSSR count). The van der Waals surface area contributed by atoms with Crippen LogP contribution >= 0.6 is 11.6 Å². The third kappa shape index (κ3) is 0.947. The van der Waals surface area contributed by atoms with E-state index in [9.17, 15) is 4.79 Å². The van der Waals surface area contributed by atoms with Gasteiger partial charge in [0.2, 0.25) is 0 Å². The van der Waals surface area contributed by atoms with Gasteiger partial charge in [0.1, 0.15) is 0 Å². The van der Waals surface area contributed by atoms with Crippen molar-refractivity contribution in [3.63, 3.8) is 0 Å². The van der Waals surface area contributed by atoms with Crippen LogP contribution in [0.3, 0.4) is 0 Å². The van der Waals surface area contributed by atoms with Crippen molar-refractivity contribution in [2.75, 3.05) is 11.4 Å². The minimum atomic E-state index is -0.360. The number of rotatable bonds is 0. The number of carbonyl (C=O) groups is 1. The molecule has 0 atom stereocenters. The van der Waals surface area contributed by atoms with E-state index < -0.39 is 0 Å². The van der Waals surface area contributed by atoms with Crippen LogP contribution in [-0.4, -0.2) is 11.9 Å². The molecule has 1 saturated carbocycles. The molecular weight excluding hydrogens is 198 g/mol. The van der Waals surface area contributed by atoms with Crippen molar-refractivity contribution in [2.24, 2.45) is 0 Å². The maximum atomic E-state index is 11.2. The van der Waals surface area contributed by atoms with Crippen molar-refractivity contribution in [3.8, 4) is 0 Å². The summed E-state index contributed by atoms with van der Waals surface area (Å²) in [5.41, 5.74) is 2.56. The van der Waals surface area contributed by atoms with Crippen LogP contribution in [-0.2, 0) is 5.41 Å². The van der Waals surface area contributed by atoms with Crippen LogP contribution in [0, 0.1) is 0 Å². The lowest BCUT2D eigenvalue weighted by Crippen LogP contribution is -2.26. The second-order valence-corrected chi connectivity index (χ2v) is 4.46. The molecule has 1 aromatic carbocycles. The van der Waals surface area contributed by atoms with Crippen molar-refractivity contribution in [3.05, 3.63) is 29.8 Å². The van der Waals surface area contributed by atoms with Gasteiger partial charge in [0.25, 0.3) is 0 Å². The normalized spacial score (nSPS) is 21.1. The standard InChI is InChI=1S/C11H10ClNO/c12-10(14)13-7-11(5-6-11)8-3-1-2-4-9(8)13/h1-4H,5-7H2. The molecule has 1 heterocycles. The van der Waals surface area contributed by atoms with Gasteiger partial charge >= 0.3 is 5.37 Å². The minimum Gasteiger partial charge on any atom is -0.298 e. The van der Waals surface area contributed by atoms with Gasteiger partial charge in [-0.25, -0.2) is 0 Å². The summed E-state index contributed by atoms with van der Waals surface area (Å²) in [6.07, 6.45) is 2.37. The molecule has 3 heteroatoms. The fourth-order valence-electron chi connectivity index (χ4n) is 2.37. The fraction of sp³-hybridized carbons (Fsp3) is 0.364. The van der Waals surface area contributed by atoms with E-state index in [-0.39, 0.29) is 10.8 Å².